The zero-order valence-corrected chi connectivity index (χ0v) is 10.0. The Balaban J connectivity index is 2.16. The summed E-state index contributed by atoms with van der Waals surface area (Å²) in [6, 6.07) is 7.66. The number of carboxylic acid groups (broad SMARTS) is 1. The molecule has 0 radical (unpaired) electrons. The molecule has 0 spiro atoms. The van der Waals surface area contributed by atoms with Gasteiger partial charge in [-0.05, 0) is 24.6 Å². The van der Waals surface area contributed by atoms with Crippen molar-refractivity contribution in [2.75, 3.05) is 24.5 Å². The maximum atomic E-state index is 10.9. The Morgan fingerprint density at radius 1 is 1.59 bits per heavy atom. The highest BCUT2D eigenvalue weighted by molar-refractivity contribution is 5.88. The SMILES string of the molecule is CC[C@@H]1CN(c2cccc(C(=O)O)c2)CCN1. The van der Waals surface area contributed by atoms with Crippen LogP contribution >= 0.6 is 0 Å². The van der Waals surface area contributed by atoms with Crippen molar-refractivity contribution in [3.05, 3.63) is 29.8 Å². The molecule has 4 nitrogen and oxygen atoms in total. The van der Waals surface area contributed by atoms with Crippen LogP contribution in [0.25, 0.3) is 0 Å². The summed E-state index contributed by atoms with van der Waals surface area (Å²) in [4.78, 5) is 13.2. The molecule has 2 rings (SSSR count). The number of piperazine rings is 1. The molecule has 1 aliphatic rings. The maximum absolute atomic E-state index is 10.9. The van der Waals surface area contributed by atoms with Crippen LogP contribution in [0.5, 0.6) is 0 Å². The lowest BCUT2D eigenvalue weighted by atomic mass is 10.1. The molecule has 0 bridgehead atoms. The molecule has 1 atom stereocenters. The first-order valence-electron chi connectivity index (χ1n) is 6.02. The summed E-state index contributed by atoms with van der Waals surface area (Å²) < 4.78 is 0. The normalized spacial score (nSPS) is 20.3. The second kappa shape index (κ2) is 5.19. The molecule has 1 aromatic rings. The van der Waals surface area contributed by atoms with E-state index in [4.69, 9.17) is 5.11 Å². The minimum Gasteiger partial charge on any atom is -0.478 e. The van der Waals surface area contributed by atoms with Crippen molar-refractivity contribution in [2.24, 2.45) is 0 Å². The molecule has 0 unspecified atom stereocenters. The molecule has 2 N–H and O–H groups in total. The summed E-state index contributed by atoms with van der Waals surface area (Å²) in [6.07, 6.45) is 1.09. The van der Waals surface area contributed by atoms with E-state index in [1.807, 2.05) is 12.1 Å². The van der Waals surface area contributed by atoms with E-state index in [9.17, 15) is 4.79 Å². The zero-order chi connectivity index (χ0) is 12.3. The van der Waals surface area contributed by atoms with Gasteiger partial charge >= 0.3 is 5.97 Å². The Labute approximate surface area is 101 Å². The summed E-state index contributed by atoms with van der Waals surface area (Å²) >= 11 is 0. The molecule has 0 amide bonds. The summed E-state index contributed by atoms with van der Waals surface area (Å²) in [7, 11) is 0. The third-order valence-electron chi connectivity index (χ3n) is 3.21. The molecule has 92 valence electrons. The number of hydrogen-bond acceptors (Lipinski definition) is 3. The van der Waals surface area contributed by atoms with Gasteiger partial charge in [0, 0.05) is 31.4 Å². The Bertz CT molecular complexity index is 406. The highest BCUT2D eigenvalue weighted by Gasteiger charge is 2.18. The standard InChI is InChI=1S/C13H18N2O2/c1-2-11-9-15(7-6-14-11)12-5-3-4-10(8-12)13(16)17/h3-5,8,11,14H,2,6-7,9H2,1H3,(H,16,17)/t11-/m1/s1. The third-order valence-corrected chi connectivity index (χ3v) is 3.21. The van der Waals surface area contributed by atoms with E-state index in [-0.39, 0.29) is 0 Å². The van der Waals surface area contributed by atoms with Gasteiger partial charge in [-0.3, -0.25) is 0 Å². The monoisotopic (exact) mass is 234 g/mol. The van der Waals surface area contributed by atoms with Crippen molar-refractivity contribution in [3.8, 4) is 0 Å². The molecule has 1 aliphatic heterocycles. The second-order valence-corrected chi connectivity index (χ2v) is 4.36. The predicted octanol–water partition coefficient (Wildman–Crippen LogP) is 1.57. The predicted molar refractivity (Wildman–Crippen MR) is 67.7 cm³/mol. The lowest BCUT2D eigenvalue weighted by Gasteiger charge is -2.35. The van der Waals surface area contributed by atoms with Crippen molar-refractivity contribution in [3.63, 3.8) is 0 Å². The molecule has 0 aromatic heterocycles. The lowest BCUT2D eigenvalue weighted by Crippen LogP contribution is -2.50. The number of nitrogens with zero attached hydrogens (tertiary/aromatic N) is 1. The number of carbonyl (C=O) groups is 1. The van der Waals surface area contributed by atoms with Crippen LogP contribution in [0.1, 0.15) is 23.7 Å². The lowest BCUT2D eigenvalue weighted by molar-refractivity contribution is 0.0697. The number of anilines is 1. The number of aromatic carboxylic acids is 1. The Hall–Kier alpha value is -1.55. The largest absolute Gasteiger partial charge is 0.478 e. The molecular formula is C13H18N2O2. The molecule has 1 heterocycles. The van der Waals surface area contributed by atoms with Crippen molar-refractivity contribution in [1.82, 2.24) is 5.32 Å². The fourth-order valence-electron chi connectivity index (χ4n) is 2.17. The van der Waals surface area contributed by atoms with Crippen LogP contribution in [0.15, 0.2) is 24.3 Å². The fraction of sp³-hybridized carbons (Fsp3) is 0.462. The molecule has 0 aliphatic carbocycles. The first kappa shape index (κ1) is 11.9. The van der Waals surface area contributed by atoms with Crippen LogP contribution in [0.4, 0.5) is 5.69 Å². The zero-order valence-electron chi connectivity index (χ0n) is 10.0. The first-order valence-corrected chi connectivity index (χ1v) is 6.02. The van der Waals surface area contributed by atoms with Gasteiger partial charge in [-0.15, -0.1) is 0 Å². The minimum atomic E-state index is -0.867. The topological polar surface area (TPSA) is 52.6 Å². The van der Waals surface area contributed by atoms with Gasteiger partial charge in [-0.1, -0.05) is 13.0 Å². The number of nitrogens with one attached hydrogen (secondary N) is 1. The van der Waals surface area contributed by atoms with Gasteiger partial charge < -0.3 is 15.3 Å². The number of carboxylic acids is 1. The van der Waals surface area contributed by atoms with Crippen LogP contribution in [0.3, 0.4) is 0 Å². The van der Waals surface area contributed by atoms with E-state index >= 15 is 0 Å². The maximum Gasteiger partial charge on any atom is 0.335 e. The van der Waals surface area contributed by atoms with Crippen LogP contribution in [-0.2, 0) is 0 Å². The summed E-state index contributed by atoms with van der Waals surface area (Å²) in [6.45, 7) is 4.99. The van der Waals surface area contributed by atoms with Gasteiger partial charge in [0.15, 0.2) is 0 Å². The van der Waals surface area contributed by atoms with Crippen molar-refractivity contribution < 1.29 is 9.90 Å². The van der Waals surface area contributed by atoms with Gasteiger partial charge in [0.25, 0.3) is 0 Å². The number of rotatable bonds is 3. The first-order chi connectivity index (χ1) is 8.20. The van der Waals surface area contributed by atoms with E-state index in [0.717, 1.165) is 31.7 Å². The van der Waals surface area contributed by atoms with Crippen LogP contribution in [-0.4, -0.2) is 36.8 Å². The Kier molecular flexibility index (Phi) is 3.64. The van der Waals surface area contributed by atoms with E-state index in [1.165, 1.54) is 0 Å². The van der Waals surface area contributed by atoms with E-state index < -0.39 is 5.97 Å². The van der Waals surface area contributed by atoms with Crippen molar-refractivity contribution >= 4 is 11.7 Å². The highest BCUT2D eigenvalue weighted by Crippen LogP contribution is 2.18. The average molecular weight is 234 g/mol. The van der Waals surface area contributed by atoms with Crippen LogP contribution < -0.4 is 10.2 Å². The van der Waals surface area contributed by atoms with Crippen LogP contribution in [0, 0.1) is 0 Å². The van der Waals surface area contributed by atoms with E-state index in [2.05, 4.69) is 17.1 Å². The Morgan fingerprint density at radius 2 is 2.41 bits per heavy atom. The van der Waals surface area contributed by atoms with Crippen molar-refractivity contribution in [2.45, 2.75) is 19.4 Å². The molecule has 0 saturated carbocycles. The van der Waals surface area contributed by atoms with Crippen LogP contribution in [0.2, 0.25) is 0 Å². The minimum absolute atomic E-state index is 0.356. The molecule has 17 heavy (non-hydrogen) atoms. The molecule has 1 aromatic carbocycles. The highest BCUT2D eigenvalue weighted by atomic mass is 16.4. The smallest absolute Gasteiger partial charge is 0.335 e. The van der Waals surface area contributed by atoms with E-state index in [0.29, 0.717) is 11.6 Å². The van der Waals surface area contributed by atoms with E-state index in [1.54, 1.807) is 12.1 Å². The summed E-state index contributed by atoms with van der Waals surface area (Å²) in [5.74, 6) is -0.867. The Morgan fingerprint density at radius 3 is 3.12 bits per heavy atom. The van der Waals surface area contributed by atoms with Gasteiger partial charge in [0.1, 0.15) is 0 Å². The molecule has 1 saturated heterocycles. The van der Waals surface area contributed by atoms with Gasteiger partial charge in [-0.2, -0.15) is 0 Å². The van der Waals surface area contributed by atoms with Gasteiger partial charge in [0.2, 0.25) is 0 Å². The molecule has 1 fully saturated rings. The third kappa shape index (κ3) is 2.77. The van der Waals surface area contributed by atoms with Gasteiger partial charge in [-0.25, -0.2) is 4.79 Å². The van der Waals surface area contributed by atoms with Crippen molar-refractivity contribution in [1.29, 1.82) is 0 Å². The molecular weight excluding hydrogens is 216 g/mol. The summed E-state index contributed by atoms with van der Waals surface area (Å²) in [5, 5.41) is 12.4. The van der Waals surface area contributed by atoms with Gasteiger partial charge in [0.05, 0.1) is 5.56 Å². The summed E-state index contributed by atoms with van der Waals surface area (Å²) in [5.41, 5.74) is 1.36. The fourth-order valence-corrected chi connectivity index (χ4v) is 2.17. The number of benzene rings is 1. The average Bonchev–Trinajstić information content (AvgIpc) is 2.39. The quantitative estimate of drug-likeness (QED) is 0.833. The second-order valence-electron chi connectivity index (χ2n) is 4.36. The number of hydrogen-bond donors (Lipinski definition) is 2. The molecule has 4 heteroatoms.